The van der Waals surface area contributed by atoms with Crippen molar-refractivity contribution in [2.24, 2.45) is 5.41 Å². The predicted octanol–water partition coefficient (Wildman–Crippen LogP) is 7.19. The van der Waals surface area contributed by atoms with Crippen molar-refractivity contribution in [2.45, 2.75) is 46.4 Å². The van der Waals surface area contributed by atoms with Crippen molar-refractivity contribution in [1.82, 2.24) is 10.2 Å². The van der Waals surface area contributed by atoms with Gasteiger partial charge in [-0.05, 0) is 62.4 Å². The summed E-state index contributed by atoms with van der Waals surface area (Å²) in [6.45, 7) is 10.1. The number of halogens is 1. The third kappa shape index (κ3) is 8.22. The van der Waals surface area contributed by atoms with Gasteiger partial charge in [0.15, 0.2) is 0 Å². The minimum absolute atomic E-state index is 0.0116. The molecular weight excluding hydrogens is 519 g/mol. The molecule has 4 rings (SSSR count). The Hall–Kier alpha value is -4.05. The molecule has 8 nitrogen and oxygen atoms in total. The summed E-state index contributed by atoms with van der Waals surface area (Å²) in [4.78, 5) is 12.2. The van der Waals surface area contributed by atoms with Gasteiger partial charge in [0.1, 0.15) is 6.67 Å². The number of carbonyl (C=O) groups is 1. The first-order chi connectivity index (χ1) is 18.7. The monoisotopic (exact) mass is 554 g/mol. The average molecular weight is 555 g/mol. The van der Waals surface area contributed by atoms with Crippen LogP contribution in [0, 0.1) is 5.41 Å². The first kappa shape index (κ1) is 31.2. The molecule has 1 aromatic heterocycles. The van der Waals surface area contributed by atoms with Crippen molar-refractivity contribution in [2.75, 3.05) is 16.7 Å². The lowest BCUT2D eigenvalue weighted by Crippen LogP contribution is -2.32. The van der Waals surface area contributed by atoms with Crippen molar-refractivity contribution in [3.05, 3.63) is 78.9 Å². The van der Waals surface area contributed by atoms with E-state index in [-0.39, 0.29) is 16.5 Å². The van der Waals surface area contributed by atoms with Gasteiger partial charge < -0.3 is 9.73 Å². The van der Waals surface area contributed by atoms with Gasteiger partial charge in [-0.15, -0.1) is 10.2 Å². The summed E-state index contributed by atoms with van der Waals surface area (Å²) in [5.41, 5.74) is 0.557. The van der Waals surface area contributed by atoms with Crippen LogP contribution in [0.25, 0.3) is 22.9 Å². The Morgan fingerprint density at radius 1 is 0.821 bits per heavy atom. The third-order valence-electron chi connectivity index (χ3n) is 5.16. The standard InChI is InChI=1S/C25H23FN4O4S.2C2H6/c1-25(2,16-26)24(31)27-19-11-7-12-20(15-19)30-35(32,33)21-13-6-10-18(14-21)23-29-28-22(34-23)17-8-4-3-5-9-17;2*1-2/h3-15,30H,16H2,1-2H3,(H,27,31);2*1-2H3. The number of sulfonamides is 1. The Morgan fingerprint density at radius 2 is 1.38 bits per heavy atom. The maximum absolute atomic E-state index is 13.1. The van der Waals surface area contributed by atoms with E-state index in [4.69, 9.17) is 4.42 Å². The van der Waals surface area contributed by atoms with Gasteiger partial charge in [-0.2, -0.15) is 0 Å². The number of amides is 1. The second kappa shape index (κ2) is 14.2. The molecule has 0 atom stereocenters. The van der Waals surface area contributed by atoms with E-state index in [1.807, 2.05) is 58.0 Å². The zero-order chi connectivity index (χ0) is 29.1. The number of alkyl halides is 1. The highest BCUT2D eigenvalue weighted by Gasteiger charge is 2.27. The SMILES string of the molecule is CC.CC.CC(C)(CF)C(=O)Nc1cccc(NS(=O)(=O)c2cccc(-c3nnc(-c4ccccc4)o3)c2)c1. The first-order valence-electron chi connectivity index (χ1n) is 12.7. The van der Waals surface area contributed by atoms with Crippen LogP contribution in [0.15, 0.2) is 88.2 Å². The molecule has 0 aliphatic heterocycles. The second-order valence-corrected chi connectivity index (χ2v) is 10.1. The van der Waals surface area contributed by atoms with Crippen LogP contribution in [0.1, 0.15) is 41.5 Å². The molecule has 0 radical (unpaired) electrons. The fraction of sp³-hybridized carbons (Fsp3) is 0.276. The molecule has 39 heavy (non-hydrogen) atoms. The number of nitrogens with zero attached hydrogens (tertiary/aromatic N) is 2. The highest BCUT2D eigenvalue weighted by atomic mass is 32.2. The van der Waals surface area contributed by atoms with E-state index < -0.39 is 28.0 Å². The van der Waals surface area contributed by atoms with Crippen LogP contribution in [0.3, 0.4) is 0 Å². The van der Waals surface area contributed by atoms with Gasteiger partial charge in [-0.1, -0.05) is 58.0 Å². The number of anilines is 2. The Labute approximate surface area is 229 Å². The minimum Gasteiger partial charge on any atom is -0.416 e. The molecule has 4 aromatic rings. The number of hydrogen-bond donors (Lipinski definition) is 2. The molecule has 0 aliphatic carbocycles. The Bertz CT molecular complexity index is 1450. The van der Waals surface area contributed by atoms with Crippen LogP contribution >= 0.6 is 0 Å². The minimum atomic E-state index is -3.98. The van der Waals surface area contributed by atoms with E-state index in [0.717, 1.165) is 5.56 Å². The smallest absolute Gasteiger partial charge is 0.261 e. The molecule has 0 aliphatic rings. The maximum Gasteiger partial charge on any atom is 0.261 e. The van der Waals surface area contributed by atoms with Gasteiger partial charge >= 0.3 is 0 Å². The normalized spacial score (nSPS) is 10.8. The summed E-state index contributed by atoms with van der Waals surface area (Å²) in [6, 6.07) is 21.5. The van der Waals surface area contributed by atoms with Crippen molar-refractivity contribution in [3.8, 4) is 22.9 Å². The summed E-state index contributed by atoms with van der Waals surface area (Å²) in [5.74, 6) is -0.00925. The largest absolute Gasteiger partial charge is 0.416 e. The van der Waals surface area contributed by atoms with Crippen molar-refractivity contribution in [1.29, 1.82) is 0 Å². The molecule has 0 saturated carbocycles. The fourth-order valence-electron chi connectivity index (χ4n) is 3.07. The van der Waals surface area contributed by atoms with Gasteiger partial charge in [0.25, 0.3) is 10.0 Å². The molecule has 3 aromatic carbocycles. The van der Waals surface area contributed by atoms with Gasteiger partial charge in [-0.3, -0.25) is 9.52 Å². The molecule has 0 spiro atoms. The number of aromatic nitrogens is 2. The molecule has 1 amide bonds. The van der Waals surface area contributed by atoms with Crippen LogP contribution in [-0.2, 0) is 14.8 Å². The van der Waals surface area contributed by atoms with Crippen molar-refractivity contribution in [3.63, 3.8) is 0 Å². The second-order valence-electron chi connectivity index (χ2n) is 8.46. The number of rotatable bonds is 8. The zero-order valence-corrected chi connectivity index (χ0v) is 23.8. The summed E-state index contributed by atoms with van der Waals surface area (Å²) in [5, 5.41) is 10.7. The lowest BCUT2D eigenvalue weighted by atomic mass is 9.94. The molecule has 0 fully saturated rings. The van der Waals surface area contributed by atoms with E-state index in [1.54, 1.807) is 30.3 Å². The Morgan fingerprint density at radius 3 is 2.03 bits per heavy atom. The van der Waals surface area contributed by atoms with E-state index in [2.05, 4.69) is 20.2 Å². The quantitative estimate of drug-likeness (QED) is 0.238. The molecule has 0 bridgehead atoms. The lowest BCUT2D eigenvalue weighted by Gasteiger charge is -2.19. The van der Waals surface area contributed by atoms with E-state index in [9.17, 15) is 17.6 Å². The van der Waals surface area contributed by atoms with Crippen molar-refractivity contribution < 1.29 is 22.0 Å². The van der Waals surface area contributed by atoms with Gasteiger partial charge in [0.2, 0.25) is 17.7 Å². The molecule has 10 heteroatoms. The summed E-state index contributed by atoms with van der Waals surface area (Å²) in [6.07, 6.45) is 0. The summed E-state index contributed by atoms with van der Waals surface area (Å²) < 4.78 is 47.4. The number of nitrogens with one attached hydrogen (secondary N) is 2. The van der Waals surface area contributed by atoms with E-state index in [1.165, 1.54) is 32.0 Å². The first-order valence-corrected chi connectivity index (χ1v) is 14.2. The molecule has 2 N–H and O–H groups in total. The van der Waals surface area contributed by atoms with Gasteiger partial charge in [-0.25, -0.2) is 12.8 Å². The highest BCUT2D eigenvalue weighted by molar-refractivity contribution is 7.92. The Balaban J connectivity index is 0.00000127. The van der Waals surface area contributed by atoms with Crippen LogP contribution in [-0.4, -0.2) is 31.2 Å². The number of benzene rings is 3. The van der Waals surface area contributed by atoms with E-state index >= 15 is 0 Å². The molecule has 208 valence electrons. The molecule has 0 unspecified atom stereocenters. The van der Waals surface area contributed by atoms with E-state index in [0.29, 0.717) is 17.1 Å². The number of carbonyl (C=O) groups excluding carboxylic acids is 1. The molecule has 1 heterocycles. The van der Waals surface area contributed by atoms with Gasteiger partial charge in [0, 0.05) is 16.8 Å². The van der Waals surface area contributed by atoms with Crippen molar-refractivity contribution >= 4 is 27.3 Å². The van der Waals surface area contributed by atoms with Gasteiger partial charge in [0.05, 0.1) is 16.0 Å². The topological polar surface area (TPSA) is 114 Å². The maximum atomic E-state index is 13.1. The van der Waals surface area contributed by atoms with Crippen LogP contribution in [0.5, 0.6) is 0 Å². The summed E-state index contributed by atoms with van der Waals surface area (Å²) >= 11 is 0. The zero-order valence-electron chi connectivity index (χ0n) is 23.0. The average Bonchev–Trinajstić information content (AvgIpc) is 3.46. The molecular formula is C29H35FN4O4S. The van der Waals surface area contributed by atoms with Crippen LogP contribution in [0.2, 0.25) is 0 Å². The lowest BCUT2D eigenvalue weighted by molar-refractivity contribution is -0.124. The van der Waals surface area contributed by atoms with Crippen LogP contribution in [0.4, 0.5) is 15.8 Å². The predicted molar refractivity (Wildman–Crippen MR) is 154 cm³/mol. The Kier molecular flexibility index (Phi) is 11.3. The molecule has 0 saturated heterocycles. The van der Waals surface area contributed by atoms with Crippen LogP contribution < -0.4 is 10.0 Å². The fourth-order valence-corrected chi connectivity index (χ4v) is 4.16. The summed E-state index contributed by atoms with van der Waals surface area (Å²) in [7, 11) is -3.98. The number of hydrogen-bond acceptors (Lipinski definition) is 6. The third-order valence-corrected chi connectivity index (χ3v) is 6.54. The highest BCUT2D eigenvalue weighted by Crippen LogP contribution is 2.27.